The van der Waals surface area contributed by atoms with Gasteiger partial charge in [0.25, 0.3) is 0 Å². The predicted molar refractivity (Wildman–Crippen MR) is 114 cm³/mol. The Morgan fingerprint density at radius 1 is 1.15 bits per heavy atom. The molecule has 1 heterocycles. The van der Waals surface area contributed by atoms with E-state index in [0.29, 0.717) is 26.8 Å². The van der Waals surface area contributed by atoms with Crippen LogP contribution in [0.25, 0.3) is 11.1 Å². The van der Waals surface area contributed by atoms with E-state index in [-0.39, 0.29) is 5.28 Å². The highest BCUT2D eigenvalue weighted by atomic mass is 79.9. The van der Waals surface area contributed by atoms with Gasteiger partial charge in [0.15, 0.2) is 0 Å². The standard InChI is InChI=1S/C19H15BrClN4OP/c1-27(2,26)17-9-14(13-5-3-12(10-22)4-6-13)7-8-16(17)24-18-15(20)11-23-19(21)25-18/h3-9,11H,1-2H3,(H,23,24,25). The third-order valence-electron chi connectivity index (χ3n) is 3.89. The molecule has 136 valence electrons. The third kappa shape index (κ3) is 4.56. The first-order valence-electron chi connectivity index (χ1n) is 7.93. The number of nitrogens with one attached hydrogen (secondary N) is 1. The minimum atomic E-state index is -2.59. The van der Waals surface area contributed by atoms with Gasteiger partial charge >= 0.3 is 0 Å². The summed E-state index contributed by atoms with van der Waals surface area (Å²) in [6, 6.07) is 15.1. The van der Waals surface area contributed by atoms with E-state index in [9.17, 15) is 4.57 Å². The average Bonchev–Trinajstić information content (AvgIpc) is 2.64. The van der Waals surface area contributed by atoms with Gasteiger partial charge in [0, 0.05) is 11.5 Å². The van der Waals surface area contributed by atoms with Crippen LogP contribution in [-0.2, 0) is 4.57 Å². The lowest BCUT2D eigenvalue weighted by Crippen LogP contribution is -2.11. The molecule has 0 fully saturated rings. The highest BCUT2D eigenvalue weighted by Gasteiger charge is 2.19. The molecule has 3 rings (SSSR count). The molecule has 1 N–H and O–H groups in total. The number of halogens is 2. The van der Waals surface area contributed by atoms with Crippen LogP contribution in [0.2, 0.25) is 5.28 Å². The Bertz CT molecular complexity index is 1090. The number of rotatable bonds is 4. The van der Waals surface area contributed by atoms with E-state index in [4.69, 9.17) is 16.9 Å². The van der Waals surface area contributed by atoms with Crippen molar-refractivity contribution in [3.8, 4) is 17.2 Å². The van der Waals surface area contributed by atoms with Crippen molar-refractivity contribution in [1.29, 1.82) is 5.26 Å². The van der Waals surface area contributed by atoms with Crippen molar-refractivity contribution in [3.05, 3.63) is 64.0 Å². The van der Waals surface area contributed by atoms with Crippen molar-refractivity contribution in [2.24, 2.45) is 0 Å². The quantitative estimate of drug-likeness (QED) is 0.414. The van der Waals surface area contributed by atoms with Gasteiger partial charge < -0.3 is 9.88 Å². The maximum atomic E-state index is 12.9. The first-order chi connectivity index (χ1) is 12.8. The van der Waals surface area contributed by atoms with Crippen LogP contribution in [-0.4, -0.2) is 23.3 Å². The topological polar surface area (TPSA) is 78.7 Å². The normalized spacial score (nSPS) is 11.1. The van der Waals surface area contributed by atoms with Crippen LogP contribution in [0.15, 0.2) is 53.1 Å². The Hall–Kier alpha value is -2.19. The second kappa shape index (κ2) is 7.82. The van der Waals surface area contributed by atoms with Gasteiger partial charge in [-0.1, -0.05) is 18.2 Å². The van der Waals surface area contributed by atoms with Gasteiger partial charge in [-0.25, -0.2) is 4.98 Å². The molecule has 2 aromatic carbocycles. The number of nitrogens with zero attached hydrogens (tertiary/aromatic N) is 3. The van der Waals surface area contributed by atoms with Crippen LogP contribution in [0.3, 0.4) is 0 Å². The molecule has 0 amide bonds. The molecule has 0 unspecified atom stereocenters. The molecule has 27 heavy (non-hydrogen) atoms. The van der Waals surface area contributed by atoms with Crippen molar-refractivity contribution < 1.29 is 4.57 Å². The van der Waals surface area contributed by atoms with E-state index in [1.54, 1.807) is 31.7 Å². The van der Waals surface area contributed by atoms with E-state index in [0.717, 1.165) is 11.1 Å². The summed E-state index contributed by atoms with van der Waals surface area (Å²) in [5, 5.41) is 13.0. The number of hydrogen-bond donors (Lipinski definition) is 1. The van der Waals surface area contributed by atoms with Gasteiger partial charge in [0.1, 0.15) is 13.0 Å². The van der Waals surface area contributed by atoms with E-state index in [1.807, 2.05) is 30.3 Å². The number of nitriles is 1. The maximum Gasteiger partial charge on any atom is 0.224 e. The molecule has 0 spiro atoms. The Labute approximate surface area is 170 Å². The van der Waals surface area contributed by atoms with Gasteiger partial charge in [0.2, 0.25) is 5.28 Å². The minimum Gasteiger partial charge on any atom is -0.339 e. The lowest BCUT2D eigenvalue weighted by molar-refractivity contribution is 0.588. The first kappa shape index (κ1) is 19.6. The molecule has 0 atom stereocenters. The lowest BCUT2D eigenvalue weighted by atomic mass is 10.0. The van der Waals surface area contributed by atoms with E-state index in [1.165, 1.54) is 0 Å². The summed E-state index contributed by atoms with van der Waals surface area (Å²) in [5.74, 6) is 0.496. The average molecular weight is 462 g/mol. The smallest absolute Gasteiger partial charge is 0.224 e. The summed E-state index contributed by atoms with van der Waals surface area (Å²) in [6.45, 7) is 3.44. The molecule has 0 saturated heterocycles. The summed E-state index contributed by atoms with van der Waals surface area (Å²) in [6.07, 6.45) is 1.56. The second-order valence-corrected chi connectivity index (χ2v) is 10.6. The van der Waals surface area contributed by atoms with E-state index in [2.05, 4.69) is 37.3 Å². The minimum absolute atomic E-state index is 0.118. The number of benzene rings is 2. The lowest BCUT2D eigenvalue weighted by Gasteiger charge is -2.17. The largest absolute Gasteiger partial charge is 0.339 e. The van der Waals surface area contributed by atoms with Gasteiger partial charge in [-0.15, -0.1) is 0 Å². The second-order valence-electron chi connectivity index (χ2n) is 6.23. The zero-order valence-electron chi connectivity index (χ0n) is 14.6. The summed E-state index contributed by atoms with van der Waals surface area (Å²) in [7, 11) is -2.59. The Morgan fingerprint density at radius 2 is 1.81 bits per heavy atom. The number of anilines is 2. The zero-order valence-corrected chi connectivity index (χ0v) is 17.8. The molecule has 1 aromatic heterocycles. The van der Waals surface area contributed by atoms with E-state index >= 15 is 0 Å². The van der Waals surface area contributed by atoms with Crippen LogP contribution in [0.1, 0.15) is 5.56 Å². The maximum absolute atomic E-state index is 12.9. The molecule has 0 aliphatic heterocycles. The number of hydrogen-bond acceptors (Lipinski definition) is 5. The van der Waals surface area contributed by atoms with Crippen molar-refractivity contribution in [2.45, 2.75) is 0 Å². The van der Waals surface area contributed by atoms with Crippen LogP contribution >= 0.6 is 34.7 Å². The fraction of sp³-hybridized carbons (Fsp3) is 0.105. The van der Waals surface area contributed by atoms with Gasteiger partial charge in [-0.2, -0.15) is 10.2 Å². The van der Waals surface area contributed by atoms with Crippen molar-refractivity contribution in [3.63, 3.8) is 0 Å². The predicted octanol–water partition coefficient (Wildman–Crippen LogP) is 5.42. The van der Waals surface area contributed by atoms with E-state index < -0.39 is 7.14 Å². The van der Waals surface area contributed by atoms with Crippen molar-refractivity contribution in [1.82, 2.24) is 9.97 Å². The highest BCUT2D eigenvalue weighted by Crippen LogP contribution is 2.40. The highest BCUT2D eigenvalue weighted by molar-refractivity contribution is 9.10. The molecular weight excluding hydrogens is 447 g/mol. The molecule has 0 aliphatic rings. The van der Waals surface area contributed by atoms with Crippen LogP contribution < -0.4 is 10.6 Å². The van der Waals surface area contributed by atoms with Gasteiger partial charge in [-0.05, 0) is 76.3 Å². The van der Waals surface area contributed by atoms with Crippen molar-refractivity contribution >= 4 is 51.5 Å². The Morgan fingerprint density at radius 3 is 2.44 bits per heavy atom. The molecule has 5 nitrogen and oxygen atoms in total. The third-order valence-corrected chi connectivity index (χ3v) is 6.19. The molecular formula is C19H15BrClN4OP. The molecule has 0 saturated carbocycles. The summed E-state index contributed by atoms with van der Waals surface area (Å²) in [5.41, 5.74) is 3.15. The SMILES string of the molecule is CP(C)(=O)c1cc(-c2ccc(C#N)cc2)ccc1Nc1nc(Cl)ncc1Br. The van der Waals surface area contributed by atoms with Crippen molar-refractivity contribution in [2.75, 3.05) is 18.6 Å². The monoisotopic (exact) mass is 460 g/mol. The van der Waals surface area contributed by atoms with Crippen LogP contribution in [0.4, 0.5) is 11.5 Å². The van der Waals surface area contributed by atoms with Gasteiger partial charge in [-0.3, -0.25) is 0 Å². The summed E-state index contributed by atoms with van der Waals surface area (Å²) in [4.78, 5) is 8.08. The first-order valence-corrected chi connectivity index (χ1v) is 11.7. The fourth-order valence-corrected chi connectivity index (χ4v) is 4.14. The number of aromatic nitrogens is 2. The van der Waals surface area contributed by atoms with Crippen LogP contribution in [0.5, 0.6) is 0 Å². The summed E-state index contributed by atoms with van der Waals surface area (Å²) < 4.78 is 13.6. The van der Waals surface area contributed by atoms with Gasteiger partial charge in [0.05, 0.1) is 21.8 Å². The Balaban J connectivity index is 2.06. The fourth-order valence-electron chi connectivity index (χ4n) is 2.56. The molecule has 0 radical (unpaired) electrons. The molecule has 0 aliphatic carbocycles. The molecule has 8 heteroatoms. The molecule has 3 aromatic rings. The summed E-state index contributed by atoms with van der Waals surface area (Å²) >= 11 is 9.27. The molecule has 0 bridgehead atoms. The Kier molecular flexibility index (Phi) is 5.67. The zero-order chi connectivity index (χ0) is 19.6. The van der Waals surface area contributed by atoms with Crippen LogP contribution in [0, 0.1) is 11.3 Å².